The number of aromatic nitrogens is 1. The molecule has 22 heavy (non-hydrogen) atoms. The van der Waals surface area contributed by atoms with Crippen molar-refractivity contribution in [3.05, 3.63) is 35.5 Å². The molecule has 5 rings (SSSR count). The van der Waals surface area contributed by atoms with Crippen LogP contribution in [0.4, 0.5) is 0 Å². The van der Waals surface area contributed by atoms with Gasteiger partial charge in [-0.2, -0.15) is 0 Å². The molecule has 3 heterocycles. The minimum atomic E-state index is 0.662. The number of benzene rings is 1. The number of aromatic amines is 1. The third kappa shape index (κ3) is 1.96. The molecule has 3 aliphatic rings. The SMILES string of the molecule is c1ccc2c3c([nH]c2c1)[C@@H]1C[C@@H]2CCCCC[C@H]2CN1CC3. The molecule has 1 saturated carbocycles. The number of nitrogens with one attached hydrogen (secondary N) is 1. The van der Waals surface area contributed by atoms with Crippen molar-refractivity contribution < 1.29 is 0 Å². The number of nitrogens with zero attached hydrogens (tertiary/aromatic N) is 1. The van der Waals surface area contributed by atoms with Crippen LogP contribution >= 0.6 is 0 Å². The average Bonchev–Trinajstić information content (AvgIpc) is 2.78. The number of rotatable bonds is 0. The maximum Gasteiger partial charge on any atom is 0.0504 e. The summed E-state index contributed by atoms with van der Waals surface area (Å²) in [6.07, 6.45) is 9.98. The quantitative estimate of drug-likeness (QED) is 0.748. The fourth-order valence-corrected chi connectivity index (χ4v) is 5.45. The molecule has 2 aromatic rings. The molecular weight excluding hydrogens is 268 g/mol. The predicted molar refractivity (Wildman–Crippen MR) is 91.0 cm³/mol. The summed E-state index contributed by atoms with van der Waals surface area (Å²) in [6.45, 7) is 2.62. The van der Waals surface area contributed by atoms with Crippen LogP contribution in [0.2, 0.25) is 0 Å². The van der Waals surface area contributed by atoms with E-state index in [9.17, 15) is 0 Å². The van der Waals surface area contributed by atoms with Crippen LogP contribution in [0, 0.1) is 11.8 Å². The third-order valence-electron chi connectivity index (χ3n) is 6.58. The molecule has 116 valence electrons. The fourth-order valence-electron chi connectivity index (χ4n) is 5.45. The van der Waals surface area contributed by atoms with E-state index in [0.29, 0.717) is 6.04 Å². The third-order valence-corrected chi connectivity index (χ3v) is 6.58. The monoisotopic (exact) mass is 294 g/mol. The van der Waals surface area contributed by atoms with Crippen molar-refractivity contribution in [1.29, 1.82) is 0 Å². The number of fused-ring (bicyclic) bond motifs is 6. The van der Waals surface area contributed by atoms with E-state index >= 15 is 0 Å². The fraction of sp³-hybridized carbons (Fsp3) is 0.600. The summed E-state index contributed by atoms with van der Waals surface area (Å²) in [4.78, 5) is 6.58. The number of hydrogen-bond acceptors (Lipinski definition) is 1. The van der Waals surface area contributed by atoms with Gasteiger partial charge in [-0.1, -0.05) is 43.9 Å². The maximum absolute atomic E-state index is 3.78. The second-order valence-corrected chi connectivity index (χ2v) is 7.72. The second kappa shape index (κ2) is 5.13. The Labute approximate surface area is 132 Å². The van der Waals surface area contributed by atoms with Gasteiger partial charge in [0.05, 0.1) is 6.04 Å². The lowest BCUT2D eigenvalue weighted by molar-refractivity contribution is 0.0489. The van der Waals surface area contributed by atoms with Crippen LogP contribution in [0.3, 0.4) is 0 Å². The van der Waals surface area contributed by atoms with E-state index in [-0.39, 0.29) is 0 Å². The van der Waals surface area contributed by atoms with Crippen molar-refractivity contribution in [2.45, 2.75) is 51.0 Å². The summed E-state index contributed by atoms with van der Waals surface area (Å²) < 4.78 is 0. The minimum Gasteiger partial charge on any atom is -0.357 e. The van der Waals surface area contributed by atoms with Crippen molar-refractivity contribution in [3.8, 4) is 0 Å². The molecule has 0 bridgehead atoms. The van der Waals surface area contributed by atoms with Gasteiger partial charge in [0.15, 0.2) is 0 Å². The average molecular weight is 294 g/mol. The Bertz CT molecular complexity index is 686. The molecule has 2 nitrogen and oxygen atoms in total. The molecule has 1 aromatic carbocycles. The van der Waals surface area contributed by atoms with Gasteiger partial charge in [-0.25, -0.2) is 0 Å². The zero-order valence-corrected chi connectivity index (χ0v) is 13.4. The van der Waals surface area contributed by atoms with Crippen molar-refractivity contribution >= 4 is 10.9 Å². The smallest absolute Gasteiger partial charge is 0.0504 e. The van der Waals surface area contributed by atoms with Crippen LogP contribution < -0.4 is 0 Å². The molecule has 3 atom stereocenters. The summed E-state index contributed by atoms with van der Waals surface area (Å²) in [5, 5.41) is 1.47. The lowest BCUT2D eigenvalue weighted by atomic mass is 9.76. The van der Waals surface area contributed by atoms with E-state index in [1.165, 1.54) is 68.9 Å². The van der Waals surface area contributed by atoms with Gasteiger partial charge in [0.2, 0.25) is 0 Å². The van der Waals surface area contributed by atoms with E-state index in [1.54, 1.807) is 11.3 Å². The summed E-state index contributed by atoms with van der Waals surface area (Å²) in [5.74, 6) is 1.95. The first kappa shape index (κ1) is 13.2. The Morgan fingerprint density at radius 2 is 1.86 bits per heavy atom. The second-order valence-electron chi connectivity index (χ2n) is 7.72. The van der Waals surface area contributed by atoms with E-state index in [1.807, 2.05) is 0 Å². The minimum absolute atomic E-state index is 0.662. The summed E-state index contributed by atoms with van der Waals surface area (Å²) in [5.41, 5.74) is 4.51. The molecule has 1 saturated heterocycles. The summed E-state index contributed by atoms with van der Waals surface area (Å²) >= 11 is 0. The zero-order valence-electron chi connectivity index (χ0n) is 13.4. The highest BCUT2D eigenvalue weighted by atomic mass is 15.2. The van der Waals surface area contributed by atoms with Crippen LogP contribution in [0.1, 0.15) is 55.8 Å². The largest absolute Gasteiger partial charge is 0.357 e. The highest BCUT2D eigenvalue weighted by molar-refractivity contribution is 5.85. The van der Waals surface area contributed by atoms with Gasteiger partial charge < -0.3 is 4.98 Å². The van der Waals surface area contributed by atoms with E-state index in [0.717, 1.165) is 11.8 Å². The topological polar surface area (TPSA) is 19.0 Å². The van der Waals surface area contributed by atoms with E-state index < -0.39 is 0 Å². The van der Waals surface area contributed by atoms with Crippen LogP contribution in [0.25, 0.3) is 10.9 Å². The molecule has 1 N–H and O–H groups in total. The molecule has 2 fully saturated rings. The van der Waals surface area contributed by atoms with Gasteiger partial charge >= 0.3 is 0 Å². The first-order valence-electron chi connectivity index (χ1n) is 9.23. The van der Waals surface area contributed by atoms with Crippen LogP contribution in [-0.2, 0) is 6.42 Å². The van der Waals surface area contributed by atoms with Crippen LogP contribution in [0.15, 0.2) is 24.3 Å². The Kier molecular flexibility index (Phi) is 3.07. The normalized spacial score (nSPS) is 32.1. The molecule has 1 aliphatic carbocycles. The van der Waals surface area contributed by atoms with Crippen LogP contribution in [0.5, 0.6) is 0 Å². The summed E-state index contributed by atoms with van der Waals surface area (Å²) in [6, 6.07) is 9.55. The van der Waals surface area contributed by atoms with Gasteiger partial charge in [0.1, 0.15) is 0 Å². The Hall–Kier alpha value is -1.28. The lowest BCUT2D eigenvalue weighted by Crippen LogP contribution is -2.45. The maximum atomic E-state index is 3.78. The molecule has 0 unspecified atom stereocenters. The molecular formula is C20H26N2. The number of hydrogen-bond donors (Lipinski definition) is 1. The first-order valence-corrected chi connectivity index (χ1v) is 9.23. The molecule has 0 spiro atoms. The van der Waals surface area contributed by atoms with Crippen molar-refractivity contribution in [3.63, 3.8) is 0 Å². The lowest BCUT2D eigenvalue weighted by Gasteiger charge is -2.46. The number of para-hydroxylation sites is 1. The van der Waals surface area contributed by atoms with Crippen molar-refractivity contribution in [1.82, 2.24) is 9.88 Å². The van der Waals surface area contributed by atoms with Gasteiger partial charge in [-0.05, 0) is 42.7 Å². The molecule has 2 aliphatic heterocycles. The van der Waals surface area contributed by atoms with Gasteiger partial charge in [-0.15, -0.1) is 0 Å². The molecule has 1 aromatic heterocycles. The summed E-state index contributed by atoms with van der Waals surface area (Å²) in [7, 11) is 0. The Morgan fingerprint density at radius 3 is 2.82 bits per heavy atom. The van der Waals surface area contributed by atoms with E-state index in [4.69, 9.17) is 0 Å². The standard InChI is InChI=1S/C20H26N2/c1-2-6-14-12-19-20-17(16-8-4-5-9-18(16)21-20)10-11-22(19)13-15(14)7-3-1/h4-5,8-9,14-15,19,21H,1-3,6-7,10-13H2/t14-,15-,19-/m0/s1. The first-order chi connectivity index (χ1) is 10.9. The number of H-pyrrole nitrogens is 1. The van der Waals surface area contributed by atoms with Gasteiger partial charge in [0, 0.05) is 29.7 Å². The molecule has 0 amide bonds. The Balaban J connectivity index is 1.53. The Morgan fingerprint density at radius 1 is 1.00 bits per heavy atom. The van der Waals surface area contributed by atoms with E-state index in [2.05, 4.69) is 34.1 Å². The van der Waals surface area contributed by atoms with Crippen molar-refractivity contribution in [2.75, 3.05) is 13.1 Å². The molecule has 2 heteroatoms. The number of piperidine rings is 1. The van der Waals surface area contributed by atoms with Crippen molar-refractivity contribution in [2.24, 2.45) is 11.8 Å². The zero-order chi connectivity index (χ0) is 14.5. The predicted octanol–water partition coefficient (Wildman–Crippen LogP) is 4.67. The van der Waals surface area contributed by atoms with Crippen LogP contribution in [-0.4, -0.2) is 23.0 Å². The molecule has 0 radical (unpaired) electrons. The van der Waals surface area contributed by atoms with Gasteiger partial charge in [0.25, 0.3) is 0 Å². The van der Waals surface area contributed by atoms with Gasteiger partial charge in [-0.3, -0.25) is 4.90 Å². The highest BCUT2D eigenvalue weighted by Gasteiger charge is 2.40. The highest BCUT2D eigenvalue weighted by Crippen LogP contribution is 2.46.